The summed E-state index contributed by atoms with van der Waals surface area (Å²) in [4.78, 5) is 29.2. The molecule has 0 atom stereocenters. The summed E-state index contributed by atoms with van der Waals surface area (Å²) >= 11 is 7.46. The maximum Gasteiger partial charge on any atom is 0.265 e. The van der Waals surface area contributed by atoms with E-state index in [2.05, 4.69) is 15.6 Å². The molecule has 25 heavy (non-hydrogen) atoms. The third-order valence-electron chi connectivity index (χ3n) is 3.38. The van der Waals surface area contributed by atoms with Gasteiger partial charge in [0.25, 0.3) is 11.8 Å². The molecule has 0 radical (unpaired) electrons. The number of hydrogen-bond donors (Lipinski definition) is 2. The highest BCUT2D eigenvalue weighted by molar-refractivity contribution is 7.12. The Bertz CT molecular complexity index is 926. The first-order chi connectivity index (χ1) is 12.0. The van der Waals surface area contributed by atoms with E-state index in [0.29, 0.717) is 27.0 Å². The standard InChI is InChI=1S/C18H14ClN3O2S/c1-11-6-7-20-16(9-11)22-17(23)12-4-5-13(19)14(10-12)21-18(24)15-3-2-8-25-15/h2-10H,1H3,(H,21,24)(H,20,22,23). The number of hydrogen-bond acceptors (Lipinski definition) is 4. The number of thiophene rings is 1. The van der Waals surface area contributed by atoms with Gasteiger partial charge >= 0.3 is 0 Å². The number of carbonyl (C=O) groups is 2. The number of anilines is 2. The zero-order valence-corrected chi connectivity index (χ0v) is 14.8. The average molecular weight is 372 g/mol. The van der Waals surface area contributed by atoms with Crippen molar-refractivity contribution in [3.05, 3.63) is 75.1 Å². The highest BCUT2D eigenvalue weighted by Gasteiger charge is 2.13. The van der Waals surface area contributed by atoms with E-state index in [0.717, 1.165) is 5.56 Å². The summed E-state index contributed by atoms with van der Waals surface area (Å²) in [5.41, 5.74) is 1.74. The number of aromatic nitrogens is 1. The van der Waals surface area contributed by atoms with Crippen molar-refractivity contribution in [1.82, 2.24) is 4.98 Å². The molecule has 2 heterocycles. The van der Waals surface area contributed by atoms with Crippen LogP contribution in [0, 0.1) is 6.92 Å². The quantitative estimate of drug-likeness (QED) is 0.703. The smallest absolute Gasteiger partial charge is 0.265 e. The Morgan fingerprint density at radius 2 is 1.92 bits per heavy atom. The van der Waals surface area contributed by atoms with Gasteiger partial charge in [-0.15, -0.1) is 11.3 Å². The van der Waals surface area contributed by atoms with E-state index >= 15 is 0 Å². The molecular formula is C18H14ClN3O2S. The third-order valence-corrected chi connectivity index (χ3v) is 4.58. The number of benzene rings is 1. The van der Waals surface area contributed by atoms with E-state index in [-0.39, 0.29) is 11.8 Å². The van der Waals surface area contributed by atoms with Crippen LogP contribution in [0.4, 0.5) is 11.5 Å². The van der Waals surface area contributed by atoms with Gasteiger partial charge in [-0.2, -0.15) is 0 Å². The molecule has 0 aliphatic heterocycles. The Labute approximate surface area is 153 Å². The Morgan fingerprint density at radius 3 is 2.64 bits per heavy atom. The molecule has 2 N–H and O–H groups in total. The van der Waals surface area contributed by atoms with Crippen molar-refractivity contribution in [2.75, 3.05) is 10.6 Å². The van der Waals surface area contributed by atoms with Gasteiger partial charge in [0.1, 0.15) is 5.82 Å². The minimum atomic E-state index is -0.332. The molecular weight excluding hydrogens is 358 g/mol. The maximum atomic E-state index is 12.4. The van der Waals surface area contributed by atoms with Gasteiger partial charge in [-0.1, -0.05) is 17.7 Å². The average Bonchev–Trinajstić information content (AvgIpc) is 3.11. The predicted octanol–water partition coefficient (Wildman–Crippen LogP) is 4.61. The minimum Gasteiger partial charge on any atom is -0.320 e. The van der Waals surface area contributed by atoms with E-state index < -0.39 is 0 Å². The van der Waals surface area contributed by atoms with Crippen LogP contribution >= 0.6 is 22.9 Å². The zero-order chi connectivity index (χ0) is 17.8. The van der Waals surface area contributed by atoms with E-state index in [1.54, 1.807) is 42.6 Å². The third kappa shape index (κ3) is 4.23. The number of halogens is 1. The Hall–Kier alpha value is -2.70. The molecule has 0 aliphatic rings. The zero-order valence-electron chi connectivity index (χ0n) is 13.2. The molecule has 0 spiro atoms. The second kappa shape index (κ2) is 7.46. The fraction of sp³-hybridized carbons (Fsp3) is 0.0556. The van der Waals surface area contributed by atoms with Gasteiger partial charge in [0, 0.05) is 11.8 Å². The molecule has 3 rings (SSSR count). The number of aryl methyl sites for hydroxylation is 1. The lowest BCUT2D eigenvalue weighted by Gasteiger charge is -2.09. The summed E-state index contributed by atoms with van der Waals surface area (Å²) < 4.78 is 0. The molecule has 5 nitrogen and oxygen atoms in total. The Kier molecular flexibility index (Phi) is 5.11. The van der Waals surface area contributed by atoms with Gasteiger partial charge in [0.05, 0.1) is 15.6 Å². The first-order valence-corrected chi connectivity index (χ1v) is 8.67. The molecule has 0 fully saturated rings. The highest BCUT2D eigenvalue weighted by Crippen LogP contribution is 2.25. The van der Waals surface area contributed by atoms with Crippen LogP contribution in [0.3, 0.4) is 0 Å². The minimum absolute atomic E-state index is 0.269. The SMILES string of the molecule is Cc1ccnc(NC(=O)c2ccc(Cl)c(NC(=O)c3cccs3)c2)c1. The van der Waals surface area contributed by atoms with Crippen molar-refractivity contribution in [3.8, 4) is 0 Å². The van der Waals surface area contributed by atoms with Crippen LogP contribution in [0.15, 0.2) is 54.0 Å². The van der Waals surface area contributed by atoms with E-state index in [1.165, 1.54) is 11.3 Å². The molecule has 2 aromatic heterocycles. The summed E-state index contributed by atoms with van der Waals surface area (Å²) in [5, 5.41) is 7.62. The van der Waals surface area contributed by atoms with Crippen LogP contribution in [0.25, 0.3) is 0 Å². The normalized spacial score (nSPS) is 10.3. The molecule has 1 aromatic carbocycles. The number of nitrogens with zero attached hydrogens (tertiary/aromatic N) is 1. The van der Waals surface area contributed by atoms with E-state index in [1.807, 2.05) is 18.4 Å². The van der Waals surface area contributed by atoms with Crippen LogP contribution in [0.1, 0.15) is 25.6 Å². The maximum absolute atomic E-state index is 12.4. The fourth-order valence-electron chi connectivity index (χ4n) is 2.15. The van der Waals surface area contributed by atoms with Crippen LogP contribution in [-0.4, -0.2) is 16.8 Å². The number of pyridine rings is 1. The van der Waals surface area contributed by atoms with Crippen LogP contribution in [0.5, 0.6) is 0 Å². The molecule has 0 unspecified atom stereocenters. The summed E-state index contributed by atoms with van der Waals surface area (Å²) in [6.45, 7) is 1.91. The second-order valence-electron chi connectivity index (χ2n) is 5.30. The molecule has 3 aromatic rings. The molecule has 0 aliphatic carbocycles. The second-order valence-corrected chi connectivity index (χ2v) is 6.65. The van der Waals surface area contributed by atoms with Crippen molar-refractivity contribution in [3.63, 3.8) is 0 Å². The molecule has 0 saturated carbocycles. The summed E-state index contributed by atoms with van der Waals surface area (Å²) in [6.07, 6.45) is 1.62. The van der Waals surface area contributed by atoms with E-state index in [4.69, 9.17) is 11.6 Å². The van der Waals surface area contributed by atoms with Crippen LogP contribution in [-0.2, 0) is 0 Å². The van der Waals surface area contributed by atoms with Gasteiger partial charge in [0.15, 0.2) is 0 Å². The summed E-state index contributed by atoms with van der Waals surface area (Å²) in [6, 6.07) is 11.8. The van der Waals surface area contributed by atoms with Crippen molar-refractivity contribution in [2.45, 2.75) is 6.92 Å². The van der Waals surface area contributed by atoms with Gasteiger partial charge in [-0.05, 0) is 54.3 Å². The number of amides is 2. The van der Waals surface area contributed by atoms with Gasteiger partial charge in [0.2, 0.25) is 0 Å². The van der Waals surface area contributed by atoms with E-state index in [9.17, 15) is 9.59 Å². The Morgan fingerprint density at radius 1 is 1.08 bits per heavy atom. The molecule has 0 saturated heterocycles. The first-order valence-electron chi connectivity index (χ1n) is 7.41. The van der Waals surface area contributed by atoms with Crippen molar-refractivity contribution < 1.29 is 9.59 Å². The predicted molar refractivity (Wildman–Crippen MR) is 101 cm³/mol. The molecule has 0 bridgehead atoms. The summed E-state index contributed by atoms with van der Waals surface area (Å²) in [7, 11) is 0. The fourth-order valence-corrected chi connectivity index (χ4v) is 2.93. The number of carbonyl (C=O) groups excluding carboxylic acids is 2. The number of rotatable bonds is 4. The lowest BCUT2D eigenvalue weighted by Crippen LogP contribution is -2.15. The Balaban J connectivity index is 1.78. The van der Waals surface area contributed by atoms with Gasteiger partial charge in [-0.3, -0.25) is 9.59 Å². The molecule has 7 heteroatoms. The lowest BCUT2D eigenvalue weighted by molar-refractivity contribution is 0.101. The largest absolute Gasteiger partial charge is 0.320 e. The van der Waals surface area contributed by atoms with Crippen molar-refractivity contribution in [2.24, 2.45) is 0 Å². The van der Waals surface area contributed by atoms with Crippen molar-refractivity contribution >= 4 is 46.3 Å². The van der Waals surface area contributed by atoms with Crippen LogP contribution < -0.4 is 10.6 Å². The topological polar surface area (TPSA) is 71.1 Å². The lowest BCUT2D eigenvalue weighted by atomic mass is 10.2. The summed E-state index contributed by atoms with van der Waals surface area (Å²) in [5.74, 6) is -0.139. The molecule has 2 amide bonds. The number of nitrogens with one attached hydrogen (secondary N) is 2. The van der Waals surface area contributed by atoms with Crippen molar-refractivity contribution in [1.29, 1.82) is 0 Å². The monoisotopic (exact) mass is 371 g/mol. The first kappa shape index (κ1) is 17.1. The van der Waals surface area contributed by atoms with Crippen LogP contribution in [0.2, 0.25) is 5.02 Å². The highest BCUT2D eigenvalue weighted by atomic mass is 35.5. The van der Waals surface area contributed by atoms with Gasteiger partial charge < -0.3 is 10.6 Å². The van der Waals surface area contributed by atoms with Gasteiger partial charge in [-0.25, -0.2) is 4.98 Å². The molecule has 126 valence electrons.